The lowest BCUT2D eigenvalue weighted by molar-refractivity contribution is 1.24. The van der Waals surface area contributed by atoms with E-state index in [2.05, 4.69) is 9.97 Å². The molecule has 0 saturated carbocycles. The van der Waals surface area contributed by atoms with Crippen molar-refractivity contribution in [3.8, 4) is 11.4 Å². The number of nitrogens with zero attached hydrogens (tertiary/aromatic N) is 2. The highest BCUT2D eigenvalue weighted by atomic mass is 14.8. The number of rotatable bonds is 3. The van der Waals surface area contributed by atoms with E-state index in [9.17, 15) is 0 Å². The standard InChI is InChI=1S/C14H10N2/c1-3-11-5-7-15-13(9-11)14-10-12(4-2)6-8-16-14/h1-10H. The molecule has 2 aromatic rings. The number of pyridine rings is 2. The Labute approximate surface area is 95.0 Å². The van der Waals surface area contributed by atoms with Crippen molar-refractivity contribution in [2.75, 3.05) is 0 Å². The van der Waals surface area contributed by atoms with E-state index < -0.39 is 0 Å². The van der Waals surface area contributed by atoms with Gasteiger partial charge in [0.25, 0.3) is 0 Å². The summed E-state index contributed by atoms with van der Waals surface area (Å²) in [5.41, 5.74) is 3.38. The summed E-state index contributed by atoms with van der Waals surface area (Å²) in [4.78, 5) is 8.48. The van der Waals surface area contributed by atoms with Crippen molar-refractivity contribution in [1.29, 1.82) is 0 Å². The number of hydrogen-bond donors (Lipinski definition) is 0. The minimum Gasteiger partial charge on any atom is -0.255 e. The van der Waals surface area contributed by atoms with Crippen LogP contribution >= 0.6 is 0 Å². The summed E-state index contributed by atoms with van der Waals surface area (Å²) in [6, 6.07) is 7.43. The SMILES string of the molecule is [CH]=Cc1ccnc(-c2cc(C=[CH])ccn2)c1. The van der Waals surface area contributed by atoms with Gasteiger partial charge in [0.15, 0.2) is 0 Å². The Bertz CT molecular complexity index is 480. The quantitative estimate of drug-likeness (QED) is 0.771. The van der Waals surface area contributed by atoms with Gasteiger partial charge in [-0.15, -0.1) is 0 Å². The van der Waals surface area contributed by atoms with Crippen molar-refractivity contribution in [2.45, 2.75) is 0 Å². The van der Waals surface area contributed by atoms with Crippen LogP contribution in [-0.2, 0) is 0 Å². The molecule has 76 valence electrons. The van der Waals surface area contributed by atoms with Crippen molar-refractivity contribution < 1.29 is 0 Å². The largest absolute Gasteiger partial charge is 0.255 e. The lowest BCUT2D eigenvalue weighted by atomic mass is 10.1. The van der Waals surface area contributed by atoms with Crippen LogP contribution in [0.1, 0.15) is 11.1 Å². The Morgan fingerprint density at radius 3 is 1.62 bits per heavy atom. The molecule has 2 heteroatoms. The van der Waals surface area contributed by atoms with E-state index >= 15 is 0 Å². The van der Waals surface area contributed by atoms with Crippen molar-refractivity contribution in [2.24, 2.45) is 0 Å². The highest BCUT2D eigenvalue weighted by Gasteiger charge is 2.01. The van der Waals surface area contributed by atoms with E-state index in [-0.39, 0.29) is 0 Å². The molecule has 2 radical (unpaired) electrons. The van der Waals surface area contributed by atoms with E-state index in [1.807, 2.05) is 24.3 Å². The molecule has 2 rings (SSSR count). The first kappa shape index (κ1) is 10.3. The van der Waals surface area contributed by atoms with E-state index in [0.29, 0.717) is 0 Å². The third kappa shape index (κ3) is 2.06. The fraction of sp³-hybridized carbons (Fsp3) is 0. The Hall–Kier alpha value is -2.22. The molecule has 0 aliphatic carbocycles. The van der Waals surface area contributed by atoms with Gasteiger partial charge >= 0.3 is 0 Å². The van der Waals surface area contributed by atoms with Crippen LogP contribution in [0.5, 0.6) is 0 Å². The molecule has 2 heterocycles. The topological polar surface area (TPSA) is 25.8 Å². The van der Waals surface area contributed by atoms with Crippen LogP contribution in [0.15, 0.2) is 36.7 Å². The minimum absolute atomic E-state index is 0.780. The van der Waals surface area contributed by atoms with Gasteiger partial charge in [-0.3, -0.25) is 9.97 Å². The summed E-state index contributed by atoms with van der Waals surface area (Å²) < 4.78 is 0. The summed E-state index contributed by atoms with van der Waals surface area (Å²) in [7, 11) is 0. The van der Waals surface area contributed by atoms with Gasteiger partial charge < -0.3 is 0 Å². The van der Waals surface area contributed by atoms with Crippen LogP contribution in [0, 0.1) is 13.2 Å². The van der Waals surface area contributed by atoms with E-state index in [0.717, 1.165) is 22.5 Å². The predicted octanol–water partition coefficient (Wildman–Crippen LogP) is 3.04. The molecule has 0 amide bonds. The van der Waals surface area contributed by atoms with Crippen molar-refractivity contribution in [1.82, 2.24) is 9.97 Å². The summed E-state index contributed by atoms with van der Waals surface area (Å²) in [6.45, 7) is 10.9. The van der Waals surface area contributed by atoms with Gasteiger partial charge in [-0.25, -0.2) is 0 Å². The first-order valence-electron chi connectivity index (χ1n) is 4.86. The van der Waals surface area contributed by atoms with Crippen molar-refractivity contribution in [3.63, 3.8) is 0 Å². The van der Waals surface area contributed by atoms with Gasteiger partial charge in [0.2, 0.25) is 0 Å². The van der Waals surface area contributed by atoms with Crippen LogP contribution in [0.2, 0.25) is 0 Å². The van der Waals surface area contributed by atoms with E-state index in [1.165, 1.54) is 12.2 Å². The second kappa shape index (κ2) is 4.53. The Morgan fingerprint density at radius 1 is 0.812 bits per heavy atom. The molecule has 0 fully saturated rings. The van der Waals surface area contributed by atoms with Crippen LogP contribution in [-0.4, -0.2) is 9.97 Å². The second-order valence-electron chi connectivity index (χ2n) is 3.28. The zero-order valence-electron chi connectivity index (χ0n) is 8.67. The van der Waals surface area contributed by atoms with Crippen LogP contribution in [0.3, 0.4) is 0 Å². The number of hydrogen-bond acceptors (Lipinski definition) is 2. The molecule has 0 aliphatic rings. The van der Waals surface area contributed by atoms with Gasteiger partial charge in [0.1, 0.15) is 0 Å². The van der Waals surface area contributed by atoms with E-state index in [1.54, 1.807) is 12.4 Å². The molecule has 0 saturated heterocycles. The smallest absolute Gasteiger partial charge is 0.0892 e. The molecule has 0 aliphatic heterocycles. The van der Waals surface area contributed by atoms with E-state index in [4.69, 9.17) is 13.2 Å². The monoisotopic (exact) mass is 206 g/mol. The van der Waals surface area contributed by atoms with Crippen molar-refractivity contribution in [3.05, 3.63) is 60.9 Å². The molecule has 0 aromatic carbocycles. The molecule has 16 heavy (non-hydrogen) atoms. The summed E-state index contributed by atoms with van der Waals surface area (Å²) in [5, 5.41) is 0. The minimum atomic E-state index is 0.780. The Kier molecular flexibility index (Phi) is 2.92. The maximum Gasteiger partial charge on any atom is 0.0892 e. The summed E-state index contributed by atoms with van der Waals surface area (Å²) >= 11 is 0. The maximum absolute atomic E-state index is 5.45. The second-order valence-corrected chi connectivity index (χ2v) is 3.28. The molecule has 0 N–H and O–H groups in total. The molecule has 2 nitrogen and oxygen atoms in total. The van der Waals surface area contributed by atoms with Crippen LogP contribution in [0.4, 0.5) is 0 Å². The fourth-order valence-corrected chi connectivity index (χ4v) is 1.38. The maximum atomic E-state index is 5.45. The third-order valence-corrected chi connectivity index (χ3v) is 2.22. The first-order valence-corrected chi connectivity index (χ1v) is 4.86. The zero-order valence-corrected chi connectivity index (χ0v) is 8.67. The lowest BCUT2D eigenvalue weighted by Gasteiger charge is -2.02. The van der Waals surface area contributed by atoms with Crippen LogP contribution < -0.4 is 0 Å². The third-order valence-electron chi connectivity index (χ3n) is 2.22. The average molecular weight is 206 g/mol. The molecule has 0 unspecified atom stereocenters. The molecular formula is C14H10N2. The Morgan fingerprint density at radius 2 is 1.25 bits per heavy atom. The molecule has 0 spiro atoms. The highest BCUT2D eigenvalue weighted by molar-refractivity contribution is 5.62. The average Bonchev–Trinajstić information content (AvgIpc) is 2.39. The van der Waals surface area contributed by atoms with Gasteiger partial charge in [-0.2, -0.15) is 0 Å². The lowest BCUT2D eigenvalue weighted by Crippen LogP contribution is -1.88. The molecule has 2 aromatic heterocycles. The molecule has 0 atom stereocenters. The molecule has 0 bridgehead atoms. The van der Waals surface area contributed by atoms with Gasteiger partial charge in [0, 0.05) is 12.4 Å². The highest BCUT2D eigenvalue weighted by Crippen LogP contribution is 2.17. The number of aromatic nitrogens is 2. The fourth-order valence-electron chi connectivity index (χ4n) is 1.38. The first-order chi connectivity index (χ1) is 7.83. The van der Waals surface area contributed by atoms with Crippen molar-refractivity contribution >= 4 is 12.2 Å². The predicted molar refractivity (Wildman–Crippen MR) is 65.0 cm³/mol. The van der Waals surface area contributed by atoms with Gasteiger partial charge in [-0.1, -0.05) is 25.3 Å². The summed E-state index contributed by atoms with van der Waals surface area (Å²) in [6.07, 6.45) is 6.47. The normalized spacial score (nSPS) is 9.75. The van der Waals surface area contributed by atoms with Crippen LogP contribution in [0.25, 0.3) is 23.5 Å². The van der Waals surface area contributed by atoms with Gasteiger partial charge in [0.05, 0.1) is 11.4 Å². The van der Waals surface area contributed by atoms with Gasteiger partial charge in [-0.05, 0) is 35.4 Å². The Balaban J connectivity index is 2.49. The molecular weight excluding hydrogens is 196 g/mol. The summed E-state index contributed by atoms with van der Waals surface area (Å²) in [5.74, 6) is 0. The zero-order chi connectivity index (χ0) is 11.4.